The molecule has 1 aliphatic heterocycles. The summed E-state index contributed by atoms with van der Waals surface area (Å²) in [5.41, 5.74) is 8.72. The second-order valence-corrected chi connectivity index (χ2v) is 6.73. The van der Waals surface area contributed by atoms with Crippen LogP contribution in [0.5, 0.6) is 0 Å². The van der Waals surface area contributed by atoms with Crippen molar-refractivity contribution in [2.75, 3.05) is 13.1 Å². The second-order valence-electron chi connectivity index (χ2n) is 4.79. The van der Waals surface area contributed by atoms with Crippen molar-refractivity contribution in [2.24, 2.45) is 11.0 Å². The highest BCUT2D eigenvalue weighted by atomic mass is 32.2. The van der Waals surface area contributed by atoms with Crippen LogP contribution in [0.1, 0.15) is 19.8 Å². The predicted octanol–water partition coefficient (Wildman–Crippen LogP) is 3.05. The van der Waals surface area contributed by atoms with E-state index in [4.69, 9.17) is 5.53 Å². The maximum absolute atomic E-state index is 12.4. The normalized spacial score (nSPS) is 20.8. The van der Waals surface area contributed by atoms with E-state index in [1.165, 1.54) is 28.6 Å². The van der Waals surface area contributed by atoms with Crippen LogP contribution >= 0.6 is 0 Å². The van der Waals surface area contributed by atoms with Gasteiger partial charge in [0, 0.05) is 23.7 Å². The Balaban J connectivity index is 2.25. The van der Waals surface area contributed by atoms with Gasteiger partial charge in [-0.15, -0.1) is 0 Å². The first-order valence-electron chi connectivity index (χ1n) is 6.19. The van der Waals surface area contributed by atoms with Crippen LogP contribution in [0.3, 0.4) is 0 Å². The van der Waals surface area contributed by atoms with E-state index >= 15 is 0 Å². The lowest BCUT2D eigenvalue weighted by Gasteiger charge is -2.30. The third kappa shape index (κ3) is 3.07. The highest BCUT2D eigenvalue weighted by Gasteiger charge is 2.28. The number of azide groups is 1. The first-order chi connectivity index (χ1) is 9.04. The molecule has 7 heteroatoms. The van der Waals surface area contributed by atoms with Crippen molar-refractivity contribution in [1.29, 1.82) is 0 Å². The molecule has 0 spiro atoms. The van der Waals surface area contributed by atoms with E-state index in [1.54, 1.807) is 0 Å². The fraction of sp³-hybridized carbons (Fsp3) is 0.500. The van der Waals surface area contributed by atoms with Gasteiger partial charge in [-0.1, -0.05) is 24.2 Å². The van der Waals surface area contributed by atoms with Crippen molar-refractivity contribution in [2.45, 2.75) is 24.7 Å². The third-order valence-corrected chi connectivity index (χ3v) is 5.13. The van der Waals surface area contributed by atoms with Gasteiger partial charge in [-0.25, -0.2) is 8.42 Å². The Hall–Kier alpha value is -1.56. The Morgan fingerprint density at radius 1 is 1.37 bits per heavy atom. The van der Waals surface area contributed by atoms with Gasteiger partial charge in [-0.2, -0.15) is 4.31 Å². The van der Waals surface area contributed by atoms with E-state index in [1.807, 2.05) is 0 Å². The molecule has 0 aliphatic carbocycles. The molecular weight excluding hydrogens is 264 g/mol. The Bertz CT molecular complexity index is 591. The average Bonchev–Trinajstić information content (AvgIpc) is 2.40. The fourth-order valence-corrected chi connectivity index (χ4v) is 3.85. The summed E-state index contributed by atoms with van der Waals surface area (Å²) in [4.78, 5) is 2.91. The SMILES string of the molecule is CC1CCCN(S(=O)(=O)c2ccc(N=[N+]=[N-])cc2)C1. The minimum absolute atomic E-state index is 0.249. The van der Waals surface area contributed by atoms with E-state index in [2.05, 4.69) is 16.9 Å². The molecule has 19 heavy (non-hydrogen) atoms. The summed E-state index contributed by atoms with van der Waals surface area (Å²) in [6.45, 7) is 3.21. The van der Waals surface area contributed by atoms with Crippen molar-refractivity contribution >= 4 is 15.7 Å². The molecule has 2 rings (SSSR count). The van der Waals surface area contributed by atoms with Crippen LogP contribution in [0, 0.1) is 5.92 Å². The molecule has 1 atom stereocenters. The lowest BCUT2D eigenvalue weighted by atomic mass is 10.0. The smallest absolute Gasteiger partial charge is 0.207 e. The number of benzene rings is 1. The van der Waals surface area contributed by atoms with Gasteiger partial charge in [-0.05, 0) is 36.4 Å². The number of hydrogen-bond donors (Lipinski definition) is 0. The van der Waals surface area contributed by atoms with Crippen molar-refractivity contribution in [3.63, 3.8) is 0 Å². The molecule has 0 amide bonds. The van der Waals surface area contributed by atoms with Gasteiger partial charge in [0.1, 0.15) is 0 Å². The molecule has 1 unspecified atom stereocenters. The van der Waals surface area contributed by atoms with Crippen molar-refractivity contribution < 1.29 is 8.42 Å². The van der Waals surface area contributed by atoms with E-state index in [-0.39, 0.29) is 4.90 Å². The first kappa shape index (κ1) is 13.9. The molecule has 0 saturated carbocycles. The number of piperidine rings is 1. The summed E-state index contributed by atoms with van der Waals surface area (Å²) < 4.78 is 26.4. The summed E-state index contributed by atoms with van der Waals surface area (Å²) in [7, 11) is -3.43. The van der Waals surface area contributed by atoms with E-state index < -0.39 is 10.0 Å². The zero-order chi connectivity index (χ0) is 13.9. The molecule has 1 aromatic rings. The van der Waals surface area contributed by atoms with Crippen LogP contribution in [0.4, 0.5) is 5.69 Å². The lowest BCUT2D eigenvalue weighted by molar-refractivity contribution is 0.281. The quantitative estimate of drug-likeness (QED) is 0.484. The highest BCUT2D eigenvalue weighted by Crippen LogP contribution is 2.24. The number of nitrogens with zero attached hydrogens (tertiary/aromatic N) is 4. The Morgan fingerprint density at radius 2 is 2.05 bits per heavy atom. The minimum Gasteiger partial charge on any atom is -0.207 e. The second kappa shape index (κ2) is 5.61. The monoisotopic (exact) mass is 280 g/mol. The van der Waals surface area contributed by atoms with Gasteiger partial charge in [0.15, 0.2) is 0 Å². The highest BCUT2D eigenvalue weighted by molar-refractivity contribution is 7.89. The Labute approximate surface area is 112 Å². The van der Waals surface area contributed by atoms with E-state index in [0.29, 0.717) is 24.7 Å². The van der Waals surface area contributed by atoms with E-state index in [9.17, 15) is 8.42 Å². The molecule has 1 aromatic carbocycles. The largest absolute Gasteiger partial charge is 0.243 e. The van der Waals surface area contributed by atoms with Crippen molar-refractivity contribution in [3.05, 3.63) is 34.7 Å². The van der Waals surface area contributed by atoms with Gasteiger partial charge in [0.25, 0.3) is 0 Å². The maximum atomic E-state index is 12.4. The average molecular weight is 280 g/mol. The molecule has 1 saturated heterocycles. The number of sulfonamides is 1. The molecule has 0 bridgehead atoms. The van der Waals surface area contributed by atoms with Crippen LogP contribution in [0.15, 0.2) is 34.3 Å². The molecule has 1 aliphatic rings. The fourth-order valence-electron chi connectivity index (χ4n) is 2.25. The van der Waals surface area contributed by atoms with E-state index in [0.717, 1.165) is 12.8 Å². The van der Waals surface area contributed by atoms with Gasteiger partial charge in [-0.3, -0.25) is 0 Å². The van der Waals surface area contributed by atoms with Crippen molar-refractivity contribution in [1.82, 2.24) is 4.31 Å². The molecule has 102 valence electrons. The first-order valence-corrected chi connectivity index (χ1v) is 7.63. The molecule has 1 fully saturated rings. The van der Waals surface area contributed by atoms with Crippen LogP contribution in [-0.2, 0) is 10.0 Å². The summed E-state index contributed by atoms with van der Waals surface area (Å²) in [5.74, 6) is 0.394. The zero-order valence-corrected chi connectivity index (χ0v) is 11.5. The summed E-state index contributed by atoms with van der Waals surface area (Å²) in [6, 6.07) is 6.00. The zero-order valence-electron chi connectivity index (χ0n) is 10.7. The summed E-state index contributed by atoms with van der Waals surface area (Å²) in [6.07, 6.45) is 1.97. The topological polar surface area (TPSA) is 86.1 Å². The van der Waals surface area contributed by atoms with Crippen LogP contribution in [-0.4, -0.2) is 25.8 Å². The molecule has 6 nitrogen and oxygen atoms in total. The Kier molecular flexibility index (Phi) is 4.09. The molecule has 0 radical (unpaired) electrons. The molecular formula is C12H16N4O2S. The number of rotatable bonds is 3. The maximum Gasteiger partial charge on any atom is 0.243 e. The minimum atomic E-state index is -3.43. The summed E-state index contributed by atoms with van der Waals surface area (Å²) in [5, 5.41) is 3.43. The van der Waals surface area contributed by atoms with Crippen LogP contribution in [0.25, 0.3) is 10.4 Å². The third-order valence-electron chi connectivity index (χ3n) is 3.25. The predicted molar refractivity (Wildman–Crippen MR) is 72.4 cm³/mol. The van der Waals surface area contributed by atoms with Gasteiger partial charge >= 0.3 is 0 Å². The van der Waals surface area contributed by atoms with Gasteiger partial charge in [0.2, 0.25) is 10.0 Å². The standard InChI is InChI=1S/C12H16N4O2S/c1-10-3-2-8-16(9-10)19(17,18)12-6-4-11(5-7-12)14-15-13/h4-7,10H,2-3,8-9H2,1H3. The lowest BCUT2D eigenvalue weighted by Crippen LogP contribution is -2.39. The van der Waals surface area contributed by atoms with Crippen LogP contribution in [0.2, 0.25) is 0 Å². The molecule has 0 N–H and O–H groups in total. The Morgan fingerprint density at radius 3 is 2.63 bits per heavy atom. The molecule has 0 aromatic heterocycles. The van der Waals surface area contributed by atoms with Crippen molar-refractivity contribution in [3.8, 4) is 0 Å². The summed E-state index contributed by atoms with van der Waals surface area (Å²) >= 11 is 0. The van der Waals surface area contributed by atoms with Gasteiger partial charge < -0.3 is 0 Å². The molecule has 1 heterocycles. The van der Waals surface area contributed by atoms with Crippen LogP contribution < -0.4 is 0 Å². The number of hydrogen-bond acceptors (Lipinski definition) is 3. The van der Waals surface area contributed by atoms with Gasteiger partial charge in [0.05, 0.1) is 4.90 Å².